The van der Waals surface area contributed by atoms with E-state index in [0.29, 0.717) is 19.5 Å². The highest BCUT2D eigenvalue weighted by Crippen LogP contribution is 2.33. The number of Topliss-reactive ketones (excluding diaryl/α,β-unsaturated/α-hetero) is 1. The quantitative estimate of drug-likeness (QED) is 0.713. The van der Waals surface area contributed by atoms with Gasteiger partial charge in [-0.15, -0.1) is 0 Å². The molecular weight excluding hydrogens is 336 g/mol. The van der Waals surface area contributed by atoms with Crippen molar-refractivity contribution in [1.29, 1.82) is 0 Å². The second kappa shape index (κ2) is 7.20. The predicted molar refractivity (Wildman–Crippen MR) is 110 cm³/mol. The Balaban J connectivity index is 1.60. The standard InChI is InChI=1S/C23H26N2O2/c1-15-6-9-17(10-7-15)24-13-18(26)14-25-21-11-8-16(2)12-20(21)19-4-3-5-22(27)23(19)25/h6-12,18,24,26H,3-5,13-14H2,1-2H3/t18-/m0/s1. The lowest BCUT2D eigenvalue weighted by atomic mass is 9.94. The number of hydrogen-bond donors (Lipinski definition) is 2. The van der Waals surface area contributed by atoms with E-state index in [1.54, 1.807) is 0 Å². The summed E-state index contributed by atoms with van der Waals surface area (Å²) in [5, 5.41) is 15.1. The lowest BCUT2D eigenvalue weighted by molar-refractivity contribution is 0.0958. The minimum absolute atomic E-state index is 0.198. The molecule has 1 aromatic heterocycles. The molecule has 0 fully saturated rings. The number of ketones is 1. The zero-order valence-corrected chi connectivity index (χ0v) is 16.0. The van der Waals surface area contributed by atoms with E-state index in [-0.39, 0.29) is 5.78 Å². The van der Waals surface area contributed by atoms with Crippen molar-refractivity contribution in [2.24, 2.45) is 0 Å². The summed E-state index contributed by atoms with van der Waals surface area (Å²) >= 11 is 0. The number of nitrogens with zero attached hydrogens (tertiary/aromatic N) is 1. The molecule has 1 heterocycles. The molecule has 0 spiro atoms. The Morgan fingerprint density at radius 3 is 2.59 bits per heavy atom. The van der Waals surface area contributed by atoms with Crippen LogP contribution >= 0.6 is 0 Å². The number of rotatable bonds is 5. The summed E-state index contributed by atoms with van der Waals surface area (Å²) in [6, 6.07) is 14.4. The number of aromatic nitrogens is 1. The largest absolute Gasteiger partial charge is 0.389 e. The number of nitrogens with one attached hydrogen (secondary N) is 1. The van der Waals surface area contributed by atoms with Gasteiger partial charge in [0.1, 0.15) is 0 Å². The summed E-state index contributed by atoms with van der Waals surface area (Å²) < 4.78 is 2.03. The number of carbonyl (C=O) groups is 1. The predicted octanol–water partition coefficient (Wildman–Crippen LogP) is 4.25. The highest BCUT2D eigenvalue weighted by Gasteiger charge is 2.26. The van der Waals surface area contributed by atoms with Crippen LogP contribution in [0.4, 0.5) is 5.69 Å². The molecule has 0 radical (unpaired) electrons. The van der Waals surface area contributed by atoms with Crippen LogP contribution in [0.15, 0.2) is 42.5 Å². The van der Waals surface area contributed by atoms with Gasteiger partial charge in [0, 0.05) is 29.6 Å². The number of benzene rings is 2. The first kappa shape index (κ1) is 17.8. The topological polar surface area (TPSA) is 54.3 Å². The van der Waals surface area contributed by atoms with E-state index >= 15 is 0 Å². The van der Waals surface area contributed by atoms with Gasteiger partial charge in [-0.3, -0.25) is 4.79 Å². The van der Waals surface area contributed by atoms with Crippen LogP contribution in [-0.2, 0) is 13.0 Å². The van der Waals surface area contributed by atoms with Gasteiger partial charge in [-0.05, 0) is 56.5 Å². The number of aliphatic hydroxyl groups excluding tert-OH is 1. The van der Waals surface area contributed by atoms with Gasteiger partial charge in [-0.1, -0.05) is 29.3 Å². The molecule has 1 aliphatic rings. The molecule has 1 atom stereocenters. The summed E-state index contributed by atoms with van der Waals surface area (Å²) in [6.45, 7) is 4.99. The average Bonchev–Trinajstić information content (AvgIpc) is 2.95. The Morgan fingerprint density at radius 2 is 1.81 bits per heavy atom. The maximum Gasteiger partial charge on any atom is 0.179 e. The molecule has 4 heteroatoms. The Labute approximate surface area is 159 Å². The highest BCUT2D eigenvalue weighted by atomic mass is 16.3. The molecule has 1 aliphatic carbocycles. The van der Waals surface area contributed by atoms with Crippen LogP contribution in [0, 0.1) is 13.8 Å². The van der Waals surface area contributed by atoms with Crippen LogP contribution < -0.4 is 5.32 Å². The normalized spacial score (nSPS) is 15.0. The minimum Gasteiger partial charge on any atom is -0.389 e. The summed E-state index contributed by atoms with van der Waals surface area (Å²) in [6.07, 6.45) is 1.87. The van der Waals surface area contributed by atoms with E-state index in [9.17, 15) is 9.90 Å². The van der Waals surface area contributed by atoms with Crippen molar-refractivity contribution in [3.63, 3.8) is 0 Å². The fraction of sp³-hybridized carbons (Fsp3) is 0.348. The summed E-state index contributed by atoms with van der Waals surface area (Å²) in [7, 11) is 0. The lowest BCUT2D eigenvalue weighted by Crippen LogP contribution is -2.27. The first-order valence-electron chi connectivity index (χ1n) is 9.66. The van der Waals surface area contributed by atoms with Crippen LogP contribution in [0.3, 0.4) is 0 Å². The molecule has 27 heavy (non-hydrogen) atoms. The zero-order chi connectivity index (χ0) is 19.0. The van der Waals surface area contributed by atoms with Gasteiger partial charge >= 0.3 is 0 Å². The molecule has 4 nitrogen and oxygen atoms in total. The fourth-order valence-electron chi connectivity index (χ4n) is 4.03. The summed E-state index contributed by atoms with van der Waals surface area (Å²) in [4.78, 5) is 12.6. The average molecular weight is 362 g/mol. The Hall–Kier alpha value is -2.59. The molecule has 140 valence electrons. The van der Waals surface area contributed by atoms with Crippen molar-refractivity contribution >= 4 is 22.4 Å². The van der Waals surface area contributed by atoms with Crippen molar-refractivity contribution in [3.8, 4) is 0 Å². The number of aryl methyl sites for hydroxylation is 3. The summed E-state index contributed by atoms with van der Waals surface area (Å²) in [5.41, 5.74) is 6.41. The Bertz CT molecular complexity index is 986. The molecule has 0 saturated carbocycles. The Morgan fingerprint density at radius 1 is 1.07 bits per heavy atom. The van der Waals surface area contributed by atoms with E-state index < -0.39 is 6.10 Å². The van der Waals surface area contributed by atoms with Crippen LogP contribution in [0.2, 0.25) is 0 Å². The second-order valence-electron chi connectivity index (χ2n) is 7.64. The van der Waals surface area contributed by atoms with Crippen molar-refractivity contribution in [1.82, 2.24) is 4.57 Å². The van der Waals surface area contributed by atoms with Crippen molar-refractivity contribution in [2.45, 2.75) is 45.8 Å². The van der Waals surface area contributed by atoms with Crippen LogP contribution in [0.1, 0.15) is 40.0 Å². The van der Waals surface area contributed by atoms with Gasteiger partial charge < -0.3 is 15.0 Å². The first-order chi connectivity index (χ1) is 13.0. The van der Waals surface area contributed by atoms with E-state index in [1.807, 2.05) is 28.8 Å². The van der Waals surface area contributed by atoms with Gasteiger partial charge in [0.05, 0.1) is 18.3 Å². The van der Waals surface area contributed by atoms with Crippen molar-refractivity contribution in [3.05, 3.63) is 64.8 Å². The second-order valence-corrected chi connectivity index (χ2v) is 7.64. The van der Waals surface area contributed by atoms with E-state index in [1.165, 1.54) is 11.1 Å². The van der Waals surface area contributed by atoms with Crippen LogP contribution in [-0.4, -0.2) is 28.1 Å². The molecule has 0 bridgehead atoms. The SMILES string of the molecule is Cc1ccc(NC[C@H](O)Cn2c3c(c4cc(C)ccc42)CCCC3=O)cc1. The van der Waals surface area contributed by atoms with Crippen molar-refractivity contribution in [2.75, 3.05) is 11.9 Å². The maximum absolute atomic E-state index is 12.6. The molecule has 0 amide bonds. The van der Waals surface area contributed by atoms with Gasteiger partial charge in [-0.25, -0.2) is 0 Å². The Kier molecular flexibility index (Phi) is 4.75. The van der Waals surface area contributed by atoms with E-state index in [2.05, 4.69) is 37.4 Å². The molecule has 2 N–H and O–H groups in total. The molecule has 0 saturated heterocycles. The van der Waals surface area contributed by atoms with Gasteiger partial charge in [0.25, 0.3) is 0 Å². The molecular formula is C23H26N2O2. The number of aliphatic hydroxyl groups is 1. The monoisotopic (exact) mass is 362 g/mol. The third-order valence-corrected chi connectivity index (χ3v) is 5.41. The molecule has 0 aliphatic heterocycles. The molecule has 4 rings (SSSR count). The summed E-state index contributed by atoms with van der Waals surface area (Å²) in [5.74, 6) is 0.198. The zero-order valence-electron chi connectivity index (χ0n) is 16.0. The number of hydrogen-bond acceptors (Lipinski definition) is 3. The first-order valence-corrected chi connectivity index (χ1v) is 9.66. The van der Waals surface area contributed by atoms with Crippen LogP contribution in [0.25, 0.3) is 10.9 Å². The highest BCUT2D eigenvalue weighted by molar-refractivity contribution is 6.04. The van der Waals surface area contributed by atoms with Crippen LogP contribution in [0.5, 0.6) is 0 Å². The van der Waals surface area contributed by atoms with Crippen molar-refractivity contribution < 1.29 is 9.90 Å². The number of fused-ring (bicyclic) bond motifs is 3. The third-order valence-electron chi connectivity index (χ3n) is 5.41. The minimum atomic E-state index is -0.581. The van der Waals surface area contributed by atoms with E-state index in [0.717, 1.165) is 40.7 Å². The number of anilines is 1. The van der Waals surface area contributed by atoms with E-state index in [4.69, 9.17) is 0 Å². The van der Waals surface area contributed by atoms with Gasteiger partial charge in [0.15, 0.2) is 5.78 Å². The van der Waals surface area contributed by atoms with Gasteiger partial charge in [0.2, 0.25) is 0 Å². The smallest absolute Gasteiger partial charge is 0.179 e. The van der Waals surface area contributed by atoms with Gasteiger partial charge in [-0.2, -0.15) is 0 Å². The fourth-order valence-corrected chi connectivity index (χ4v) is 4.03. The maximum atomic E-state index is 12.6. The lowest BCUT2D eigenvalue weighted by Gasteiger charge is -2.18. The number of carbonyl (C=O) groups excluding carboxylic acids is 1. The third kappa shape index (κ3) is 3.50. The molecule has 3 aromatic rings. The molecule has 0 unspecified atom stereocenters. The molecule has 2 aromatic carbocycles.